The highest BCUT2D eigenvalue weighted by atomic mass is 19.4. The predicted molar refractivity (Wildman–Crippen MR) is 93.3 cm³/mol. The number of amides is 2. The smallest absolute Gasteiger partial charge is 0.416 e. The molecule has 0 saturated heterocycles. The average molecular weight is 418 g/mol. The number of carbonyl (C=O) groups is 4. The van der Waals surface area contributed by atoms with E-state index in [4.69, 9.17) is 15.2 Å². The van der Waals surface area contributed by atoms with Gasteiger partial charge in [0.05, 0.1) is 31.1 Å². The molecule has 1 aromatic carbocycles. The summed E-state index contributed by atoms with van der Waals surface area (Å²) in [5.74, 6) is -5.34. The van der Waals surface area contributed by atoms with Crippen LogP contribution in [-0.2, 0) is 30.0 Å². The third kappa shape index (κ3) is 7.09. The fourth-order valence-electron chi connectivity index (χ4n) is 2.39. The lowest BCUT2D eigenvalue weighted by Gasteiger charge is -2.23. The first-order valence-electron chi connectivity index (χ1n) is 8.60. The van der Waals surface area contributed by atoms with Crippen molar-refractivity contribution >= 4 is 23.8 Å². The zero-order chi connectivity index (χ0) is 22.2. The Bertz CT molecular complexity index is 749. The highest BCUT2D eigenvalue weighted by Gasteiger charge is 2.37. The van der Waals surface area contributed by atoms with E-state index < -0.39 is 53.9 Å². The summed E-state index contributed by atoms with van der Waals surface area (Å²) in [7, 11) is 0. The number of esters is 2. The fourth-order valence-corrected chi connectivity index (χ4v) is 2.39. The van der Waals surface area contributed by atoms with Crippen molar-refractivity contribution in [2.75, 3.05) is 13.2 Å². The number of primary amides is 1. The maximum absolute atomic E-state index is 12.6. The van der Waals surface area contributed by atoms with Crippen LogP contribution in [0.5, 0.6) is 0 Å². The van der Waals surface area contributed by atoms with Crippen LogP contribution in [0.2, 0.25) is 0 Å². The summed E-state index contributed by atoms with van der Waals surface area (Å²) in [5, 5.41) is 2.17. The maximum Gasteiger partial charge on any atom is 0.416 e. The van der Waals surface area contributed by atoms with E-state index in [1.54, 1.807) is 0 Å². The Kier molecular flexibility index (Phi) is 8.61. The molecule has 2 atom stereocenters. The van der Waals surface area contributed by atoms with Crippen molar-refractivity contribution in [1.29, 1.82) is 0 Å². The second kappa shape index (κ2) is 10.4. The molecule has 11 heteroatoms. The van der Waals surface area contributed by atoms with E-state index in [0.29, 0.717) is 12.1 Å². The van der Waals surface area contributed by atoms with E-state index in [2.05, 4.69) is 5.32 Å². The Morgan fingerprint density at radius 3 is 2.03 bits per heavy atom. The number of benzene rings is 1. The van der Waals surface area contributed by atoms with Crippen LogP contribution >= 0.6 is 0 Å². The van der Waals surface area contributed by atoms with Gasteiger partial charge in [-0.2, -0.15) is 13.2 Å². The van der Waals surface area contributed by atoms with Crippen molar-refractivity contribution in [3.63, 3.8) is 0 Å². The minimum absolute atomic E-state index is 0.0214. The Labute approximate surface area is 164 Å². The van der Waals surface area contributed by atoms with Crippen molar-refractivity contribution in [1.82, 2.24) is 5.32 Å². The van der Waals surface area contributed by atoms with Crippen LogP contribution in [0.1, 0.15) is 36.2 Å². The van der Waals surface area contributed by atoms with E-state index in [0.717, 1.165) is 12.1 Å². The standard InChI is InChI=1S/C18H21F3N2O6/c1-3-28-13(24)9-12(17(27)29-4-2)14(15(22)25)23-16(26)10-5-7-11(8-6-10)18(19,20)21/h5-8,12,14H,3-4,9H2,1-2H3,(H2,22,25)(H,23,26)/t12-,14-/m0/s1. The summed E-state index contributed by atoms with van der Waals surface area (Å²) in [4.78, 5) is 48.2. The number of alkyl halides is 3. The maximum atomic E-state index is 12.6. The zero-order valence-corrected chi connectivity index (χ0v) is 15.7. The van der Waals surface area contributed by atoms with Crippen LogP contribution < -0.4 is 11.1 Å². The van der Waals surface area contributed by atoms with Gasteiger partial charge in [0.1, 0.15) is 6.04 Å². The fraction of sp³-hybridized carbons (Fsp3) is 0.444. The molecule has 0 aliphatic heterocycles. The molecule has 0 bridgehead atoms. The van der Waals surface area contributed by atoms with Gasteiger partial charge in [-0.05, 0) is 38.1 Å². The molecule has 29 heavy (non-hydrogen) atoms. The molecule has 8 nitrogen and oxygen atoms in total. The van der Waals surface area contributed by atoms with Crippen molar-refractivity contribution in [3.8, 4) is 0 Å². The molecule has 0 saturated carbocycles. The first-order chi connectivity index (χ1) is 13.5. The molecule has 0 fully saturated rings. The molecule has 1 aromatic rings. The van der Waals surface area contributed by atoms with Gasteiger partial charge in [0.25, 0.3) is 5.91 Å². The molecule has 0 aromatic heterocycles. The number of hydrogen-bond acceptors (Lipinski definition) is 6. The molecular weight excluding hydrogens is 397 g/mol. The summed E-state index contributed by atoms with van der Waals surface area (Å²) in [6.45, 7) is 3.00. The Morgan fingerprint density at radius 1 is 1.03 bits per heavy atom. The van der Waals surface area contributed by atoms with E-state index in [1.165, 1.54) is 13.8 Å². The van der Waals surface area contributed by atoms with Gasteiger partial charge in [-0.15, -0.1) is 0 Å². The molecule has 0 aliphatic carbocycles. The highest BCUT2D eigenvalue weighted by Crippen LogP contribution is 2.29. The minimum Gasteiger partial charge on any atom is -0.466 e. The Morgan fingerprint density at radius 2 is 1.59 bits per heavy atom. The first-order valence-corrected chi connectivity index (χ1v) is 8.60. The summed E-state index contributed by atoms with van der Waals surface area (Å²) in [6, 6.07) is 1.54. The van der Waals surface area contributed by atoms with E-state index in [9.17, 15) is 32.3 Å². The van der Waals surface area contributed by atoms with Gasteiger partial charge in [0.15, 0.2) is 0 Å². The van der Waals surface area contributed by atoms with Gasteiger partial charge in [0, 0.05) is 5.56 Å². The van der Waals surface area contributed by atoms with Crippen LogP contribution in [0.15, 0.2) is 24.3 Å². The molecule has 0 aliphatic rings. The molecule has 0 unspecified atom stereocenters. The van der Waals surface area contributed by atoms with Gasteiger partial charge in [-0.25, -0.2) is 0 Å². The SMILES string of the molecule is CCOC(=O)C[C@H](C(=O)OCC)[C@H](NC(=O)c1ccc(C(F)(F)F)cc1)C(N)=O. The lowest BCUT2D eigenvalue weighted by Crippen LogP contribution is -2.52. The first kappa shape index (κ1) is 23.9. The van der Waals surface area contributed by atoms with E-state index >= 15 is 0 Å². The molecule has 0 heterocycles. The number of nitrogens with two attached hydrogens (primary N) is 1. The average Bonchev–Trinajstić information content (AvgIpc) is 2.64. The number of hydrogen-bond donors (Lipinski definition) is 2. The number of rotatable bonds is 9. The summed E-state index contributed by atoms with van der Waals surface area (Å²) < 4.78 is 47.5. The van der Waals surface area contributed by atoms with Crippen LogP contribution in [0, 0.1) is 5.92 Å². The molecule has 0 spiro atoms. The Hall–Kier alpha value is -3.11. The zero-order valence-electron chi connectivity index (χ0n) is 15.7. The van der Waals surface area contributed by atoms with Gasteiger partial charge in [-0.1, -0.05) is 0 Å². The van der Waals surface area contributed by atoms with Crippen LogP contribution in [0.3, 0.4) is 0 Å². The monoisotopic (exact) mass is 418 g/mol. The number of nitrogens with one attached hydrogen (secondary N) is 1. The Balaban J connectivity index is 3.08. The molecular formula is C18H21F3N2O6. The van der Waals surface area contributed by atoms with Gasteiger partial charge < -0.3 is 20.5 Å². The summed E-state index contributed by atoms with van der Waals surface area (Å²) in [6.07, 6.45) is -5.17. The molecule has 3 N–H and O–H groups in total. The summed E-state index contributed by atoms with van der Waals surface area (Å²) in [5.41, 5.74) is 4.10. The highest BCUT2D eigenvalue weighted by molar-refractivity contribution is 5.99. The van der Waals surface area contributed by atoms with Crippen LogP contribution in [-0.4, -0.2) is 43.0 Å². The number of carbonyl (C=O) groups excluding carboxylic acids is 4. The van der Waals surface area contributed by atoms with Crippen LogP contribution in [0.25, 0.3) is 0 Å². The van der Waals surface area contributed by atoms with Crippen molar-refractivity contribution in [3.05, 3.63) is 35.4 Å². The number of halogens is 3. The van der Waals surface area contributed by atoms with Crippen molar-refractivity contribution < 1.29 is 41.8 Å². The third-order valence-corrected chi connectivity index (χ3v) is 3.75. The second-order valence-electron chi connectivity index (χ2n) is 5.80. The molecule has 160 valence electrons. The van der Waals surface area contributed by atoms with Crippen molar-refractivity contribution in [2.24, 2.45) is 11.7 Å². The molecule has 0 radical (unpaired) electrons. The molecule has 2 amide bonds. The number of ether oxygens (including phenoxy) is 2. The third-order valence-electron chi connectivity index (χ3n) is 3.75. The quantitative estimate of drug-likeness (QED) is 0.585. The predicted octanol–water partition coefficient (Wildman–Crippen LogP) is 1.42. The molecule has 1 rings (SSSR count). The minimum atomic E-state index is -4.58. The summed E-state index contributed by atoms with van der Waals surface area (Å²) >= 11 is 0. The van der Waals surface area contributed by atoms with Crippen molar-refractivity contribution in [2.45, 2.75) is 32.5 Å². The lowest BCUT2D eigenvalue weighted by molar-refractivity contribution is -0.156. The van der Waals surface area contributed by atoms with Gasteiger partial charge in [0.2, 0.25) is 5.91 Å². The van der Waals surface area contributed by atoms with E-state index in [-0.39, 0.29) is 18.8 Å². The van der Waals surface area contributed by atoms with Gasteiger partial charge in [-0.3, -0.25) is 19.2 Å². The topological polar surface area (TPSA) is 125 Å². The van der Waals surface area contributed by atoms with Crippen LogP contribution in [0.4, 0.5) is 13.2 Å². The van der Waals surface area contributed by atoms with Gasteiger partial charge >= 0.3 is 18.1 Å². The largest absolute Gasteiger partial charge is 0.466 e. The van der Waals surface area contributed by atoms with E-state index in [1.807, 2.05) is 0 Å². The normalized spacial score (nSPS) is 13.1. The lowest BCUT2D eigenvalue weighted by atomic mass is 9.95. The second-order valence-corrected chi connectivity index (χ2v) is 5.80.